The largest absolute Gasteiger partial charge is 0.444 e. The first-order valence-electron chi connectivity index (χ1n) is 7.72. The summed E-state index contributed by atoms with van der Waals surface area (Å²) in [4.78, 5) is 17.2. The quantitative estimate of drug-likeness (QED) is 0.900. The van der Waals surface area contributed by atoms with Crippen molar-refractivity contribution in [2.45, 2.75) is 58.2 Å². The van der Waals surface area contributed by atoms with Gasteiger partial charge in [-0.2, -0.15) is 0 Å². The highest BCUT2D eigenvalue weighted by Crippen LogP contribution is 2.18. The van der Waals surface area contributed by atoms with Gasteiger partial charge in [0.15, 0.2) is 0 Å². The fourth-order valence-electron chi connectivity index (χ4n) is 2.66. The van der Waals surface area contributed by atoms with Gasteiger partial charge in [-0.05, 0) is 52.7 Å². The number of piperidine rings is 1. The molecule has 1 aromatic heterocycles. The van der Waals surface area contributed by atoms with Crippen LogP contribution in [0.1, 0.15) is 52.3 Å². The van der Waals surface area contributed by atoms with Gasteiger partial charge in [0.1, 0.15) is 5.60 Å². The zero-order valence-corrected chi connectivity index (χ0v) is 13.5. The molecule has 0 bridgehead atoms. The van der Waals surface area contributed by atoms with Gasteiger partial charge in [0.05, 0.1) is 0 Å². The van der Waals surface area contributed by atoms with Gasteiger partial charge in [0.2, 0.25) is 0 Å². The maximum atomic E-state index is 12.1. The van der Waals surface area contributed by atoms with Crippen molar-refractivity contribution in [3.8, 4) is 0 Å². The Morgan fingerprint density at radius 2 is 2.29 bits per heavy atom. The van der Waals surface area contributed by atoms with Crippen LogP contribution in [0, 0.1) is 0 Å². The predicted molar refractivity (Wildman–Crippen MR) is 83.2 cm³/mol. The average molecular weight is 293 g/mol. The van der Waals surface area contributed by atoms with Crippen molar-refractivity contribution in [1.29, 1.82) is 0 Å². The summed E-state index contributed by atoms with van der Waals surface area (Å²) in [7, 11) is 0. The number of amides is 1. The molecule has 0 aliphatic carbocycles. The lowest BCUT2D eigenvalue weighted by atomic mass is 10.0. The van der Waals surface area contributed by atoms with Gasteiger partial charge in [0, 0.05) is 37.1 Å². The van der Waals surface area contributed by atoms with E-state index in [1.54, 1.807) is 0 Å². The van der Waals surface area contributed by atoms with Gasteiger partial charge in [-0.3, -0.25) is 0 Å². The second-order valence-electron chi connectivity index (χ2n) is 6.78. The zero-order chi connectivity index (χ0) is 15.5. The van der Waals surface area contributed by atoms with E-state index in [1.165, 1.54) is 5.69 Å². The van der Waals surface area contributed by atoms with Crippen LogP contribution in [0.4, 0.5) is 4.79 Å². The highest BCUT2D eigenvalue weighted by atomic mass is 16.6. The number of H-pyrrole nitrogens is 1. The van der Waals surface area contributed by atoms with E-state index in [2.05, 4.69) is 23.3 Å². The van der Waals surface area contributed by atoms with E-state index < -0.39 is 5.60 Å². The van der Waals surface area contributed by atoms with Crippen LogP contribution in [-0.4, -0.2) is 40.7 Å². The molecule has 2 heterocycles. The number of carbonyl (C=O) groups is 1. The van der Waals surface area contributed by atoms with Crippen LogP contribution in [0.25, 0.3) is 0 Å². The number of ether oxygens (including phenoxy) is 1. The van der Waals surface area contributed by atoms with Crippen molar-refractivity contribution >= 4 is 6.09 Å². The van der Waals surface area contributed by atoms with Crippen LogP contribution < -0.4 is 5.32 Å². The van der Waals surface area contributed by atoms with Crippen LogP contribution in [0.3, 0.4) is 0 Å². The van der Waals surface area contributed by atoms with E-state index in [0.717, 1.165) is 19.4 Å². The molecule has 0 saturated carbocycles. The van der Waals surface area contributed by atoms with Gasteiger partial charge in [-0.1, -0.05) is 0 Å². The van der Waals surface area contributed by atoms with E-state index in [0.29, 0.717) is 12.6 Å². The lowest BCUT2D eigenvalue weighted by Gasteiger charge is -2.35. The number of nitrogens with one attached hydrogen (secondary N) is 2. The molecule has 1 amide bonds. The molecule has 1 aromatic rings. The molecule has 2 atom stereocenters. The summed E-state index contributed by atoms with van der Waals surface area (Å²) in [5.41, 5.74) is 0.735. The van der Waals surface area contributed by atoms with Gasteiger partial charge in [-0.25, -0.2) is 4.79 Å². The highest BCUT2D eigenvalue weighted by Gasteiger charge is 2.28. The van der Waals surface area contributed by atoms with E-state index >= 15 is 0 Å². The van der Waals surface area contributed by atoms with Crippen molar-refractivity contribution < 1.29 is 9.53 Å². The molecule has 1 saturated heterocycles. The first kappa shape index (κ1) is 15.9. The third-order valence-electron chi connectivity index (χ3n) is 3.65. The Hall–Kier alpha value is -1.49. The number of hydrogen-bond donors (Lipinski definition) is 2. The third-order valence-corrected chi connectivity index (χ3v) is 3.65. The predicted octanol–water partition coefficient (Wildman–Crippen LogP) is 3.06. The Balaban J connectivity index is 1.87. The van der Waals surface area contributed by atoms with Gasteiger partial charge < -0.3 is 19.9 Å². The standard InChI is InChI=1S/C16H27N3O2/c1-12(14-8-5-9-17-14)18-13-7-6-10-19(11-13)15(20)21-16(2,3)4/h5,8-9,12-13,17-18H,6-7,10-11H2,1-4H3/t12-,13+/m1/s1. The number of nitrogens with zero attached hydrogens (tertiary/aromatic N) is 1. The average Bonchev–Trinajstić information content (AvgIpc) is 2.91. The van der Waals surface area contributed by atoms with Crippen molar-refractivity contribution in [2.75, 3.05) is 13.1 Å². The molecule has 1 aliphatic heterocycles. The first-order valence-corrected chi connectivity index (χ1v) is 7.72. The van der Waals surface area contributed by atoms with Crippen molar-refractivity contribution in [2.24, 2.45) is 0 Å². The summed E-state index contributed by atoms with van der Waals surface area (Å²) in [6.07, 6.45) is 3.82. The molecule has 0 spiro atoms. The summed E-state index contributed by atoms with van der Waals surface area (Å²) in [5, 5.41) is 3.59. The molecule has 1 fully saturated rings. The molecule has 118 valence electrons. The number of aromatic amines is 1. The molecule has 2 N–H and O–H groups in total. The second kappa shape index (κ2) is 6.52. The van der Waals surface area contributed by atoms with Crippen LogP contribution >= 0.6 is 0 Å². The number of likely N-dealkylation sites (tertiary alicyclic amines) is 1. The summed E-state index contributed by atoms with van der Waals surface area (Å²) in [5.74, 6) is 0. The number of aromatic nitrogens is 1. The minimum absolute atomic E-state index is 0.207. The molecule has 21 heavy (non-hydrogen) atoms. The zero-order valence-electron chi connectivity index (χ0n) is 13.5. The fraction of sp³-hybridized carbons (Fsp3) is 0.688. The normalized spacial score (nSPS) is 21.1. The molecule has 2 rings (SSSR count). The Kier molecular flexibility index (Phi) is 4.93. The molecule has 5 nitrogen and oxygen atoms in total. The van der Waals surface area contributed by atoms with E-state index in [-0.39, 0.29) is 12.1 Å². The molecular formula is C16H27N3O2. The Morgan fingerprint density at radius 3 is 2.90 bits per heavy atom. The maximum absolute atomic E-state index is 12.1. The summed E-state index contributed by atoms with van der Waals surface area (Å²) < 4.78 is 5.46. The maximum Gasteiger partial charge on any atom is 0.410 e. The fourth-order valence-corrected chi connectivity index (χ4v) is 2.66. The Labute approximate surface area is 127 Å². The highest BCUT2D eigenvalue weighted by molar-refractivity contribution is 5.68. The van der Waals surface area contributed by atoms with Crippen LogP contribution in [-0.2, 0) is 4.74 Å². The minimum Gasteiger partial charge on any atom is -0.444 e. The number of rotatable bonds is 3. The van der Waals surface area contributed by atoms with Crippen molar-refractivity contribution in [1.82, 2.24) is 15.2 Å². The molecule has 0 unspecified atom stereocenters. The summed E-state index contributed by atoms with van der Waals surface area (Å²) in [6.45, 7) is 9.33. The lowest BCUT2D eigenvalue weighted by molar-refractivity contribution is 0.0184. The monoisotopic (exact) mass is 293 g/mol. The lowest BCUT2D eigenvalue weighted by Crippen LogP contribution is -2.49. The summed E-state index contributed by atoms with van der Waals surface area (Å²) >= 11 is 0. The van der Waals surface area contributed by atoms with Crippen LogP contribution in [0.15, 0.2) is 18.3 Å². The summed E-state index contributed by atoms with van der Waals surface area (Å²) in [6, 6.07) is 4.64. The molecule has 5 heteroatoms. The van der Waals surface area contributed by atoms with Gasteiger partial charge >= 0.3 is 6.09 Å². The van der Waals surface area contributed by atoms with Crippen molar-refractivity contribution in [3.63, 3.8) is 0 Å². The van der Waals surface area contributed by atoms with Crippen LogP contribution in [0.2, 0.25) is 0 Å². The number of carbonyl (C=O) groups excluding carboxylic acids is 1. The smallest absolute Gasteiger partial charge is 0.410 e. The minimum atomic E-state index is -0.436. The third kappa shape index (κ3) is 4.77. The molecule has 1 aliphatic rings. The van der Waals surface area contributed by atoms with Gasteiger partial charge in [0.25, 0.3) is 0 Å². The van der Waals surface area contributed by atoms with Crippen LogP contribution in [0.5, 0.6) is 0 Å². The SMILES string of the molecule is C[C@@H](N[C@H]1CCCN(C(=O)OC(C)(C)C)C1)c1ccc[nH]1. The van der Waals surface area contributed by atoms with E-state index in [9.17, 15) is 4.79 Å². The van der Waals surface area contributed by atoms with Gasteiger partial charge in [-0.15, -0.1) is 0 Å². The van der Waals surface area contributed by atoms with Crippen molar-refractivity contribution in [3.05, 3.63) is 24.0 Å². The number of hydrogen-bond acceptors (Lipinski definition) is 3. The molecule has 0 radical (unpaired) electrons. The topological polar surface area (TPSA) is 57.4 Å². The molecule has 0 aromatic carbocycles. The van der Waals surface area contributed by atoms with E-state index in [4.69, 9.17) is 4.74 Å². The molecular weight excluding hydrogens is 266 g/mol. The second-order valence-corrected chi connectivity index (χ2v) is 6.78. The Morgan fingerprint density at radius 1 is 1.52 bits per heavy atom. The first-order chi connectivity index (χ1) is 9.85. The Bertz CT molecular complexity index is 451. The van der Waals surface area contributed by atoms with E-state index in [1.807, 2.05) is 37.9 Å².